The van der Waals surface area contributed by atoms with Gasteiger partial charge < -0.3 is 15.0 Å². The van der Waals surface area contributed by atoms with Crippen LogP contribution in [0, 0.1) is 10.7 Å². The molecule has 1 fully saturated rings. The maximum Gasteiger partial charge on any atom is 0.271 e. The van der Waals surface area contributed by atoms with Gasteiger partial charge in [0.25, 0.3) is 11.1 Å². The number of amides is 1. The third kappa shape index (κ3) is 5.16. The molecule has 2 aromatic rings. The second-order valence-corrected chi connectivity index (χ2v) is 8.83. The first-order valence-corrected chi connectivity index (χ1v) is 11.2. The van der Waals surface area contributed by atoms with Gasteiger partial charge in [-0.05, 0) is 42.1 Å². The zero-order valence-corrected chi connectivity index (χ0v) is 18.2. The summed E-state index contributed by atoms with van der Waals surface area (Å²) in [5.41, 5.74) is 1.65. The fourth-order valence-electron chi connectivity index (χ4n) is 3.83. The van der Waals surface area contributed by atoms with E-state index in [-0.39, 0.29) is 17.1 Å². The van der Waals surface area contributed by atoms with Gasteiger partial charge >= 0.3 is 0 Å². The number of benzene rings is 2. The van der Waals surface area contributed by atoms with E-state index in [2.05, 4.69) is 15.1 Å². The SMILES string of the molecule is COc1ccc2c(c1)SC(CCNC(=O)CN1CCN(c3ccc(F)cc3)CC1)[N+]2=O. The lowest BCUT2D eigenvalue weighted by Gasteiger charge is -2.35. The molecule has 1 unspecified atom stereocenters. The second kappa shape index (κ2) is 9.65. The quantitative estimate of drug-likeness (QED) is 0.661. The van der Waals surface area contributed by atoms with E-state index < -0.39 is 0 Å². The van der Waals surface area contributed by atoms with Crippen LogP contribution in [0.25, 0.3) is 0 Å². The lowest BCUT2D eigenvalue weighted by atomic mass is 10.2. The topological polar surface area (TPSA) is 64.9 Å². The molecule has 1 N–H and O–H groups in total. The Labute approximate surface area is 185 Å². The Morgan fingerprint density at radius 3 is 2.65 bits per heavy atom. The number of carbonyl (C=O) groups is 1. The average Bonchev–Trinajstić information content (AvgIpc) is 3.09. The summed E-state index contributed by atoms with van der Waals surface area (Å²) in [6, 6.07) is 11.9. The zero-order chi connectivity index (χ0) is 21.8. The van der Waals surface area contributed by atoms with Crippen molar-refractivity contribution >= 4 is 29.0 Å². The molecule has 2 aliphatic heterocycles. The summed E-state index contributed by atoms with van der Waals surface area (Å²) in [7, 11) is 1.60. The number of methoxy groups -OCH3 is 1. The summed E-state index contributed by atoms with van der Waals surface area (Å²) in [5, 5.41) is 2.69. The molecule has 0 radical (unpaired) electrons. The summed E-state index contributed by atoms with van der Waals surface area (Å²) in [4.78, 5) is 30.0. The van der Waals surface area contributed by atoms with Crippen molar-refractivity contribution in [2.45, 2.75) is 16.7 Å². The van der Waals surface area contributed by atoms with Gasteiger partial charge in [0.1, 0.15) is 11.6 Å². The largest absolute Gasteiger partial charge is 0.497 e. The average molecular weight is 446 g/mol. The molecule has 0 bridgehead atoms. The molecule has 0 saturated carbocycles. The highest BCUT2D eigenvalue weighted by Crippen LogP contribution is 2.44. The fourth-order valence-corrected chi connectivity index (χ4v) is 5.03. The lowest BCUT2D eigenvalue weighted by molar-refractivity contribution is -0.476. The van der Waals surface area contributed by atoms with Crippen LogP contribution in [0.2, 0.25) is 0 Å². The van der Waals surface area contributed by atoms with Gasteiger partial charge in [0.05, 0.1) is 23.3 Å². The third-order valence-corrected chi connectivity index (χ3v) is 6.85. The van der Waals surface area contributed by atoms with Crippen LogP contribution in [0.4, 0.5) is 15.8 Å². The highest BCUT2D eigenvalue weighted by atomic mass is 32.2. The van der Waals surface area contributed by atoms with E-state index in [0.29, 0.717) is 25.2 Å². The van der Waals surface area contributed by atoms with E-state index in [9.17, 15) is 14.1 Å². The standard InChI is InChI=1S/C22H25FN4O3S/c1-30-18-6-7-19-20(14-18)31-22(27(19)29)8-9-24-21(28)15-25-10-12-26(13-11-25)17-4-2-16(23)3-5-17/h2-7,14,22H,8-13,15H2,1H3/p+1. The number of carbonyl (C=O) groups excluding carboxylic acids is 1. The third-order valence-electron chi connectivity index (χ3n) is 5.57. The number of nitrogens with zero attached hydrogens (tertiary/aromatic N) is 3. The van der Waals surface area contributed by atoms with E-state index >= 15 is 0 Å². The van der Waals surface area contributed by atoms with Gasteiger partial charge in [-0.15, -0.1) is 0 Å². The van der Waals surface area contributed by atoms with Crippen LogP contribution in [0.3, 0.4) is 0 Å². The maximum atomic E-state index is 13.1. The van der Waals surface area contributed by atoms with Crippen LogP contribution in [-0.4, -0.2) is 67.3 Å². The van der Waals surface area contributed by atoms with Crippen molar-refractivity contribution in [3.8, 4) is 5.75 Å². The van der Waals surface area contributed by atoms with Gasteiger partial charge in [-0.25, -0.2) is 4.39 Å². The predicted molar refractivity (Wildman–Crippen MR) is 119 cm³/mol. The van der Waals surface area contributed by atoms with Gasteiger partial charge in [0.2, 0.25) is 5.91 Å². The number of rotatable bonds is 7. The summed E-state index contributed by atoms with van der Waals surface area (Å²) in [5.74, 6) is 0.460. The molecule has 7 nitrogen and oxygen atoms in total. The fraction of sp³-hybridized carbons (Fsp3) is 0.409. The lowest BCUT2D eigenvalue weighted by Crippen LogP contribution is -2.49. The molecular weight excluding hydrogens is 419 g/mol. The molecule has 0 aliphatic carbocycles. The number of ether oxygens (including phenoxy) is 1. The molecule has 164 valence electrons. The van der Waals surface area contributed by atoms with E-state index in [4.69, 9.17) is 4.74 Å². The summed E-state index contributed by atoms with van der Waals surface area (Å²) < 4.78 is 19.3. The molecule has 2 aliphatic rings. The first-order chi connectivity index (χ1) is 15.0. The van der Waals surface area contributed by atoms with Gasteiger partial charge in [0.15, 0.2) is 0 Å². The van der Waals surface area contributed by atoms with Crippen molar-refractivity contribution in [3.63, 3.8) is 0 Å². The number of anilines is 1. The van der Waals surface area contributed by atoms with E-state index in [1.807, 2.05) is 6.07 Å². The van der Waals surface area contributed by atoms with Crippen LogP contribution >= 0.6 is 11.8 Å². The molecule has 9 heteroatoms. The molecule has 31 heavy (non-hydrogen) atoms. The molecular formula is C22H26FN4O3S+. The van der Waals surface area contributed by atoms with Gasteiger partial charge in [-0.2, -0.15) is 0 Å². The highest BCUT2D eigenvalue weighted by molar-refractivity contribution is 8.00. The van der Waals surface area contributed by atoms with Gasteiger partial charge in [-0.3, -0.25) is 9.69 Å². The minimum Gasteiger partial charge on any atom is -0.497 e. The molecule has 2 aromatic carbocycles. The Bertz CT molecular complexity index is 948. The predicted octanol–water partition coefficient (Wildman–Crippen LogP) is 3.01. The highest BCUT2D eigenvalue weighted by Gasteiger charge is 2.39. The number of hydrogen-bond acceptors (Lipinski definition) is 6. The van der Waals surface area contributed by atoms with Crippen LogP contribution in [0.5, 0.6) is 5.75 Å². The minimum atomic E-state index is -0.248. The number of piperazine rings is 1. The molecule has 0 aromatic heterocycles. The summed E-state index contributed by atoms with van der Waals surface area (Å²) >= 11 is 1.50. The van der Waals surface area contributed by atoms with Crippen molar-refractivity contribution in [2.75, 3.05) is 51.3 Å². The van der Waals surface area contributed by atoms with Crippen molar-refractivity contribution < 1.29 is 18.7 Å². The number of thioether (sulfide) groups is 1. The van der Waals surface area contributed by atoms with Crippen molar-refractivity contribution in [1.82, 2.24) is 10.2 Å². The Morgan fingerprint density at radius 1 is 1.19 bits per heavy atom. The molecule has 4 rings (SSSR count). The Balaban J connectivity index is 1.18. The van der Waals surface area contributed by atoms with Crippen LogP contribution in [-0.2, 0) is 4.79 Å². The first-order valence-electron chi connectivity index (χ1n) is 10.3. The zero-order valence-electron chi connectivity index (χ0n) is 17.4. The normalized spacial score (nSPS) is 18.7. The molecule has 2 heterocycles. The van der Waals surface area contributed by atoms with E-state index in [1.165, 1.54) is 23.9 Å². The van der Waals surface area contributed by atoms with Crippen LogP contribution < -0.4 is 15.0 Å². The van der Waals surface area contributed by atoms with Crippen LogP contribution in [0.1, 0.15) is 6.42 Å². The Kier molecular flexibility index (Phi) is 6.72. The molecule has 1 atom stereocenters. The Morgan fingerprint density at radius 2 is 1.94 bits per heavy atom. The smallest absolute Gasteiger partial charge is 0.271 e. The van der Waals surface area contributed by atoms with E-state index in [0.717, 1.165) is 47.3 Å². The minimum absolute atomic E-state index is 0.0325. The number of hydrogen-bond donors (Lipinski definition) is 1. The van der Waals surface area contributed by atoms with Crippen molar-refractivity contribution in [2.24, 2.45) is 0 Å². The van der Waals surface area contributed by atoms with Gasteiger partial charge in [0, 0.05) is 61.9 Å². The first kappa shape index (κ1) is 21.6. The van der Waals surface area contributed by atoms with E-state index in [1.54, 1.807) is 31.4 Å². The molecule has 0 spiro atoms. The van der Waals surface area contributed by atoms with Gasteiger partial charge in [-0.1, -0.05) is 0 Å². The van der Waals surface area contributed by atoms with Crippen molar-refractivity contribution in [1.29, 1.82) is 0 Å². The monoisotopic (exact) mass is 445 g/mol. The molecule has 1 amide bonds. The number of nitrogens with one attached hydrogen (secondary N) is 1. The van der Waals surface area contributed by atoms with Crippen molar-refractivity contribution in [3.05, 3.63) is 53.2 Å². The maximum absolute atomic E-state index is 13.1. The summed E-state index contributed by atoms with van der Waals surface area (Å²) in [6.07, 6.45) is 0.565. The Hall–Kier alpha value is -2.65. The second-order valence-electron chi connectivity index (χ2n) is 7.61. The summed E-state index contributed by atoms with van der Waals surface area (Å²) in [6.45, 7) is 3.93. The van der Waals surface area contributed by atoms with Crippen LogP contribution in [0.15, 0.2) is 47.4 Å². The number of nitroso groups, excluding NO2 is 1. The molecule has 1 saturated heterocycles. The number of fused-ring (bicyclic) bond motifs is 1. The number of halogens is 1.